The molecule has 0 bridgehead atoms. The fourth-order valence-electron chi connectivity index (χ4n) is 8.50. The highest BCUT2D eigenvalue weighted by atomic mass is 35.5. The molecule has 1 saturated carbocycles. The Hall–Kier alpha value is -5.45. The number of sulfonamides is 1. The first-order chi connectivity index (χ1) is 29.2. The van der Waals surface area contributed by atoms with E-state index in [2.05, 4.69) is 20.5 Å². The van der Waals surface area contributed by atoms with E-state index in [0.717, 1.165) is 17.0 Å². The number of hydrogen-bond donors (Lipinski definition) is 1. The number of carbonyl (C=O) groups excluding carboxylic acids is 2. The van der Waals surface area contributed by atoms with E-state index >= 15 is 8.78 Å². The first kappa shape index (κ1) is 44.2. The molecular weight excluding hydrogens is 902 g/mol. The number of hydrogen-bond acceptors (Lipinski definition) is 7. The average molecular weight is 935 g/mol. The van der Waals surface area contributed by atoms with Crippen molar-refractivity contribution in [2.45, 2.75) is 70.0 Å². The molecule has 1 unspecified atom stereocenters. The van der Waals surface area contributed by atoms with Crippen LogP contribution < -0.4 is 9.62 Å². The second-order valence-corrected chi connectivity index (χ2v) is 18.3. The topological polar surface area (TPSA) is 135 Å². The molecule has 24 heteroatoms. The third-order valence-corrected chi connectivity index (χ3v) is 12.4. The molecule has 1 aliphatic heterocycles. The Morgan fingerprint density at radius 3 is 2.24 bits per heavy atom. The summed E-state index contributed by atoms with van der Waals surface area (Å²) < 4.78 is 172. The third kappa shape index (κ3) is 8.17. The minimum atomic E-state index is -5.15. The minimum Gasteiger partial charge on any atom is -0.346 e. The maximum Gasteiger partial charge on any atom is 0.435 e. The van der Waals surface area contributed by atoms with Gasteiger partial charge in [0.15, 0.2) is 11.5 Å². The van der Waals surface area contributed by atoms with Gasteiger partial charge in [-0.2, -0.15) is 49.6 Å². The Bertz CT molecular complexity index is 2800. The lowest BCUT2D eigenvalue weighted by Gasteiger charge is -2.39. The van der Waals surface area contributed by atoms with Gasteiger partial charge in [0.05, 0.1) is 33.9 Å². The number of aromatic nitrogens is 5. The number of pyridine rings is 1. The third-order valence-electron chi connectivity index (χ3n) is 11.1. The predicted octanol–water partition coefficient (Wildman–Crippen LogP) is 8.26. The van der Waals surface area contributed by atoms with E-state index in [1.54, 1.807) is 6.92 Å². The molecule has 3 aliphatic rings. The molecule has 336 valence electrons. The normalized spacial score (nSPS) is 18.9. The van der Waals surface area contributed by atoms with Crippen LogP contribution in [0.15, 0.2) is 42.5 Å². The summed E-state index contributed by atoms with van der Waals surface area (Å²) in [5, 5.41) is 9.12. The Kier molecular flexibility index (Phi) is 10.6. The SMILES string of the molecule is Cc1ccc(-c2ccc(Cl)c3c(N(C(=O)N4CC(C)C4)S(C)(=O)=O)nn(CC(F)(F)F)c23)c([C@H](Cc2cc(F)cc(F)c2)NC(=O)Cn2nc(C(F)(F)F)c3c2C(F)(F)C2C[C@H]32)n1. The van der Waals surface area contributed by atoms with Gasteiger partial charge in [0.2, 0.25) is 15.9 Å². The molecule has 3 atom stereocenters. The van der Waals surface area contributed by atoms with Crippen LogP contribution in [-0.4, -0.2) is 75.3 Å². The molecule has 63 heavy (non-hydrogen) atoms. The molecule has 2 aromatic carbocycles. The lowest BCUT2D eigenvalue weighted by atomic mass is 9.93. The van der Waals surface area contributed by atoms with Gasteiger partial charge < -0.3 is 10.2 Å². The van der Waals surface area contributed by atoms with Gasteiger partial charge >= 0.3 is 18.4 Å². The van der Waals surface area contributed by atoms with Crippen LogP contribution in [0.2, 0.25) is 5.02 Å². The number of rotatable bonds is 10. The summed E-state index contributed by atoms with van der Waals surface area (Å²) in [6.45, 7) is 0.472. The van der Waals surface area contributed by atoms with Crippen molar-refractivity contribution < 1.29 is 61.9 Å². The number of carbonyl (C=O) groups is 2. The first-order valence-electron chi connectivity index (χ1n) is 19.1. The molecule has 0 spiro atoms. The second-order valence-electron chi connectivity index (χ2n) is 16.1. The van der Waals surface area contributed by atoms with Crippen LogP contribution in [0.1, 0.15) is 59.2 Å². The highest BCUT2D eigenvalue weighted by Crippen LogP contribution is 2.68. The number of aryl methyl sites for hydroxylation is 1. The summed E-state index contributed by atoms with van der Waals surface area (Å²) in [5.41, 5.74) is -4.21. The zero-order valence-corrected chi connectivity index (χ0v) is 34.5. The van der Waals surface area contributed by atoms with Crippen molar-refractivity contribution >= 4 is 50.3 Å². The lowest BCUT2D eigenvalue weighted by molar-refractivity contribution is -0.143. The molecular formula is C39H33ClF10N8O4S. The number of alkyl halides is 8. The quantitative estimate of drug-likeness (QED) is 0.139. The fourth-order valence-corrected chi connectivity index (χ4v) is 9.58. The average Bonchev–Trinajstić information content (AvgIpc) is 3.65. The summed E-state index contributed by atoms with van der Waals surface area (Å²) in [7, 11) is -4.61. The van der Waals surface area contributed by atoms with Crippen LogP contribution in [0.25, 0.3) is 22.0 Å². The van der Waals surface area contributed by atoms with E-state index < -0.39 is 123 Å². The Morgan fingerprint density at radius 1 is 0.984 bits per heavy atom. The Labute approximate surface area is 355 Å². The van der Waals surface area contributed by atoms with E-state index in [1.807, 2.05) is 0 Å². The number of amides is 3. The molecule has 2 fully saturated rings. The van der Waals surface area contributed by atoms with Gasteiger partial charge in [-0.15, -0.1) is 0 Å². The minimum absolute atomic E-state index is 0.0148. The molecule has 12 nitrogen and oxygen atoms in total. The van der Waals surface area contributed by atoms with E-state index in [0.29, 0.717) is 17.0 Å². The number of anilines is 1. The second kappa shape index (κ2) is 15.1. The monoisotopic (exact) mass is 934 g/mol. The van der Waals surface area contributed by atoms with Crippen LogP contribution in [0.4, 0.5) is 54.5 Å². The van der Waals surface area contributed by atoms with Gasteiger partial charge in [0.1, 0.15) is 30.4 Å². The van der Waals surface area contributed by atoms with Crippen LogP contribution in [0.5, 0.6) is 0 Å². The van der Waals surface area contributed by atoms with Gasteiger partial charge in [-0.3, -0.25) is 19.1 Å². The molecule has 3 amide bonds. The van der Waals surface area contributed by atoms with E-state index in [9.17, 15) is 53.1 Å². The number of nitrogens with one attached hydrogen (secondary N) is 1. The van der Waals surface area contributed by atoms with Crippen LogP contribution in [0.3, 0.4) is 0 Å². The first-order valence-corrected chi connectivity index (χ1v) is 21.3. The lowest BCUT2D eigenvalue weighted by Crippen LogP contribution is -2.55. The summed E-state index contributed by atoms with van der Waals surface area (Å²) in [5.74, 6) is -10.4. The number of nitrogens with zero attached hydrogens (tertiary/aromatic N) is 7. The fraction of sp³-hybridized carbons (Fsp3) is 0.410. The maximum absolute atomic E-state index is 15.4. The van der Waals surface area contributed by atoms with Crippen molar-refractivity contribution in [3.05, 3.63) is 93.0 Å². The maximum atomic E-state index is 15.4. The van der Waals surface area contributed by atoms with Gasteiger partial charge in [0.25, 0.3) is 5.92 Å². The molecule has 2 aliphatic carbocycles. The zero-order chi connectivity index (χ0) is 45.9. The summed E-state index contributed by atoms with van der Waals surface area (Å²) in [6, 6.07) is 4.82. The zero-order valence-electron chi connectivity index (χ0n) is 32.9. The highest BCUT2D eigenvalue weighted by molar-refractivity contribution is 7.92. The van der Waals surface area contributed by atoms with Crippen molar-refractivity contribution in [1.29, 1.82) is 0 Å². The van der Waals surface area contributed by atoms with Gasteiger partial charge in [-0.1, -0.05) is 30.7 Å². The Morgan fingerprint density at radius 2 is 1.63 bits per heavy atom. The summed E-state index contributed by atoms with van der Waals surface area (Å²) in [6.07, 6.45) is -10.3. The molecule has 8 rings (SSSR count). The molecule has 1 N–H and O–H groups in total. The smallest absolute Gasteiger partial charge is 0.346 e. The van der Waals surface area contributed by atoms with Crippen molar-refractivity contribution in [2.24, 2.45) is 11.8 Å². The molecule has 1 saturated heterocycles. The Balaban J connectivity index is 1.28. The van der Waals surface area contributed by atoms with E-state index in [4.69, 9.17) is 11.6 Å². The largest absolute Gasteiger partial charge is 0.435 e. The number of urea groups is 1. The predicted molar refractivity (Wildman–Crippen MR) is 205 cm³/mol. The molecule has 0 radical (unpaired) electrons. The van der Waals surface area contributed by atoms with E-state index in [1.165, 1.54) is 31.2 Å². The van der Waals surface area contributed by atoms with Gasteiger partial charge in [0, 0.05) is 47.5 Å². The molecule has 3 aromatic heterocycles. The highest BCUT2D eigenvalue weighted by Gasteiger charge is 2.68. The number of benzene rings is 2. The summed E-state index contributed by atoms with van der Waals surface area (Å²) in [4.78, 5) is 33.2. The molecule has 5 aromatic rings. The number of halogens is 11. The van der Waals surface area contributed by atoms with Crippen LogP contribution in [-0.2, 0) is 46.4 Å². The van der Waals surface area contributed by atoms with Crippen LogP contribution >= 0.6 is 11.6 Å². The number of likely N-dealkylation sites (tertiary alicyclic amines) is 1. The van der Waals surface area contributed by atoms with E-state index in [-0.39, 0.29) is 67.5 Å². The van der Waals surface area contributed by atoms with Crippen molar-refractivity contribution in [2.75, 3.05) is 23.7 Å². The standard InChI is InChI=1S/C39H33ClF10N8O4S/c1-17-13-55(14-17)36(60)58(63(3,61)62)35-30-26(40)7-6-23(32(30)57(54-35)16-37(43,44)45)22-5-4-18(2)51-31(22)27(10-19-8-20(41)11-21(42)9-19)52-28(59)15-56-34-29(33(53-56)39(48,49)50)24-12-25(24)38(34,46)47/h4-9,11,17,24-25,27H,10,12-16H2,1-3H3,(H,52,59)/t24-,25?,27-/m0/s1. The summed E-state index contributed by atoms with van der Waals surface area (Å²) >= 11 is 6.61. The van der Waals surface area contributed by atoms with Crippen LogP contribution in [0, 0.1) is 30.4 Å². The van der Waals surface area contributed by atoms with Crippen molar-refractivity contribution in [3.8, 4) is 11.1 Å². The number of fused-ring (bicyclic) bond motifs is 4. The molecule has 4 heterocycles. The van der Waals surface area contributed by atoms with Gasteiger partial charge in [-0.25, -0.2) is 22.0 Å². The van der Waals surface area contributed by atoms with Gasteiger partial charge in [-0.05, 0) is 61.4 Å². The van der Waals surface area contributed by atoms with Crippen molar-refractivity contribution in [3.63, 3.8) is 0 Å². The van der Waals surface area contributed by atoms with Crippen molar-refractivity contribution in [1.82, 2.24) is 34.8 Å².